The van der Waals surface area contributed by atoms with Gasteiger partial charge in [-0.1, -0.05) is 35.4 Å². The largest absolute Gasteiger partial charge is 0.493 e. The molecule has 0 atom stereocenters. The molecule has 2 N–H and O–H groups in total. The maximum atomic E-state index is 13.1. The lowest BCUT2D eigenvalue weighted by Gasteiger charge is -2.22. The number of benzene rings is 2. The van der Waals surface area contributed by atoms with Crippen molar-refractivity contribution in [1.29, 1.82) is 0 Å². The van der Waals surface area contributed by atoms with Crippen LogP contribution in [0, 0.1) is 20.8 Å². The van der Waals surface area contributed by atoms with Gasteiger partial charge in [0.2, 0.25) is 5.88 Å². The van der Waals surface area contributed by atoms with E-state index in [2.05, 4.69) is 15.0 Å². The molecule has 0 saturated heterocycles. The van der Waals surface area contributed by atoms with Crippen LogP contribution in [0.4, 0.5) is 11.4 Å². The molecule has 2 heterocycles. The highest BCUT2D eigenvalue weighted by Crippen LogP contribution is 2.25. The number of pyridine rings is 1. The molecule has 4 aromatic rings. The average Bonchev–Trinajstić information content (AvgIpc) is 2.81. The molecule has 172 valence electrons. The summed E-state index contributed by atoms with van der Waals surface area (Å²) in [5, 5.41) is 11.3. The van der Waals surface area contributed by atoms with Gasteiger partial charge in [-0.3, -0.25) is 14.8 Å². The SMILES string of the molecule is Cc1ccc(N=C(c2c(O)n(-c3ccc(C)cc3C)c(=O)[nH]c2=O)N(C)c2cccnc2)cc1. The van der Waals surface area contributed by atoms with Crippen LogP contribution < -0.4 is 16.1 Å². The zero-order chi connectivity index (χ0) is 24.4. The zero-order valence-corrected chi connectivity index (χ0v) is 19.4. The van der Waals surface area contributed by atoms with Gasteiger partial charge in [-0.25, -0.2) is 14.4 Å². The number of H-pyrrole nitrogens is 1. The Morgan fingerprint density at radius 2 is 1.74 bits per heavy atom. The first-order valence-electron chi connectivity index (χ1n) is 10.7. The predicted octanol–water partition coefficient (Wildman–Crippen LogP) is 3.77. The second-order valence-corrected chi connectivity index (χ2v) is 8.12. The summed E-state index contributed by atoms with van der Waals surface area (Å²) in [5.74, 6) is -0.337. The summed E-state index contributed by atoms with van der Waals surface area (Å²) in [6.45, 7) is 5.74. The highest BCUT2D eigenvalue weighted by atomic mass is 16.3. The molecule has 2 aromatic heterocycles. The van der Waals surface area contributed by atoms with E-state index < -0.39 is 17.1 Å². The van der Waals surface area contributed by atoms with Crippen LogP contribution >= 0.6 is 0 Å². The Bertz CT molecular complexity index is 1490. The number of anilines is 1. The van der Waals surface area contributed by atoms with Gasteiger partial charge in [0.05, 0.1) is 23.3 Å². The van der Waals surface area contributed by atoms with Crippen LogP contribution in [0.15, 0.2) is 81.6 Å². The quantitative estimate of drug-likeness (QED) is 0.360. The number of hydrogen-bond acceptors (Lipinski definition) is 5. The van der Waals surface area contributed by atoms with Crippen LogP contribution in [0.1, 0.15) is 22.3 Å². The molecule has 0 unspecified atom stereocenters. The van der Waals surface area contributed by atoms with Gasteiger partial charge in [0.1, 0.15) is 5.56 Å². The van der Waals surface area contributed by atoms with Crippen LogP contribution in [-0.4, -0.2) is 32.5 Å². The number of aromatic nitrogens is 3. The number of aliphatic imine (C=N–C) groups is 1. The molecule has 2 aromatic carbocycles. The van der Waals surface area contributed by atoms with Crippen LogP contribution in [0.5, 0.6) is 5.88 Å². The van der Waals surface area contributed by atoms with Gasteiger partial charge in [0, 0.05) is 13.2 Å². The molecule has 0 aliphatic carbocycles. The molecular weight excluding hydrogens is 430 g/mol. The first-order chi connectivity index (χ1) is 16.3. The number of aromatic hydroxyl groups is 1. The fourth-order valence-electron chi connectivity index (χ4n) is 3.72. The lowest BCUT2D eigenvalue weighted by atomic mass is 10.1. The molecule has 0 amide bonds. The number of nitrogens with one attached hydrogen (secondary N) is 1. The minimum atomic E-state index is -0.745. The van der Waals surface area contributed by atoms with E-state index in [0.29, 0.717) is 17.1 Å². The van der Waals surface area contributed by atoms with Gasteiger partial charge in [-0.15, -0.1) is 0 Å². The summed E-state index contributed by atoms with van der Waals surface area (Å²) in [5.41, 5.74) is 2.92. The third kappa shape index (κ3) is 4.38. The molecule has 0 fully saturated rings. The fraction of sp³-hybridized carbons (Fsp3) is 0.154. The summed E-state index contributed by atoms with van der Waals surface area (Å²) in [7, 11) is 1.72. The van der Waals surface area contributed by atoms with E-state index in [9.17, 15) is 14.7 Å². The van der Waals surface area contributed by atoms with Gasteiger partial charge in [-0.05, 0) is 56.7 Å². The molecule has 0 aliphatic rings. The van der Waals surface area contributed by atoms with Crippen LogP contribution in [0.2, 0.25) is 0 Å². The second kappa shape index (κ2) is 9.19. The first kappa shape index (κ1) is 22.7. The first-order valence-corrected chi connectivity index (χ1v) is 10.7. The van der Waals surface area contributed by atoms with E-state index in [1.165, 1.54) is 0 Å². The topological polar surface area (TPSA) is 104 Å². The van der Waals surface area contributed by atoms with E-state index in [1.54, 1.807) is 36.5 Å². The fourth-order valence-corrected chi connectivity index (χ4v) is 3.72. The Balaban J connectivity index is 2.00. The van der Waals surface area contributed by atoms with Crippen molar-refractivity contribution in [2.75, 3.05) is 11.9 Å². The smallest absolute Gasteiger partial charge is 0.335 e. The Hall–Kier alpha value is -4.46. The van der Waals surface area contributed by atoms with Crippen LogP contribution in [0.25, 0.3) is 5.69 Å². The molecule has 0 bridgehead atoms. The normalized spacial score (nSPS) is 11.5. The van der Waals surface area contributed by atoms with Gasteiger partial charge in [0.15, 0.2) is 5.84 Å². The lowest BCUT2D eigenvalue weighted by molar-refractivity contribution is 0.429. The number of rotatable bonds is 4. The maximum absolute atomic E-state index is 13.1. The Labute approximate surface area is 196 Å². The summed E-state index contributed by atoms with van der Waals surface area (Å²) < 4.78 is 1.09. The van der Waals surface area contributed by atoms with Crippen molar-refractivity contribution in [1.82, 2.24) is 14.5 Å². The molecule has 0 saturated carbocycles. The van der Waals surface area contributed by atoms with Crippen molar-refractivity contribution in [2.45, 2.75) is 20.8 Å². The van der Waals surface area contributed by atoms with Gasteiger partial charge in [-0.2, -0.15) is 0 Å². The van der Waals surface area contributed by atoms with E-state index in [1.807, 2.05) is 63.2 Å². The number of hydrogen-bond donors (Lipinski definition) is 2. The predicted molar refractivity (Wildman–Crippen MR) is 134 cm³/mol. The molecule has 8 nitrogen and oxygen atoms in total. The van der Waals surface area contributed by atoms with Crippen molar-refractivity contribution in [2.24, 2.45) is 4.99 Å². The van der Waals surface area contributed by atoms with E-state index in [0.717, 1.165) is 21.3 Å². The minimum Gasteiger partial charge on any atom is -0.493 e. The van der Waals surface area contributed by atoms with Gasteiger partial charge in [0.25, 0.3) is 5.56 Å². The Morgan fingerprint density at radius 1 is 1.03 bits per heavy atom. The van der Waals surface area contributed by atoms with Gasteiger partial charge >= 0.3 is 5.69 Å². The van der Waals surface area contributed by atoms with Crippen molar-refractivity contribution in [3.8, 4) is 11.6 Å². The summed E-state index contributed by atoms with van der Waals surface area (Å²) in [4.78, 5) is 38.7. The third-order valence-corrected chi connectivity index (χ3v) is 5.52. The molecule has 0 aliphatic heterocycles. The maximum Gasteiger partial charge on any atom is 0.335 e. The molecule has 0 spiro atoms. The molecule has 34 heavy (non-hydrogen) atoms. The van der Waals surface area contributed by atoms with E-state index >= 15 is 0 Å². The van der Waals surface area contributed by atoms with Crippen LogP contribution in [-0.2, 0) is 0 Å². The van der Waals surface area contributed by atoms with Gasteiger partial charge < -0.3 is 10.0 Å². The van der Waals surface area contributed by atoms with Crippen molar-refractivity contribution < 1.29 is 5.11 Å². The number of aromatic amines is 1. The third-order valence-electron chi connectivity index (χ3n) is 5.52. The summed E-state index contributed by atoms with van der Waals surface area (Å²) in [6.07, 6.45) is 3.26. The summed E-state index contributed by atoms with van der Waals surface area (Å²) in [6, 6.07) is 16.5. The summed E-state index contributed by atoms with van der Waals surface area (Å²) >= 11 is 0. The average molecular weight is 456 g/mol. The van der Waals surface area contributed by atoms with Crippen molar-refractivity contribution in [3.05, 3.63) is 110 Å². The number of aryl methyl sites for hydroxylation is 3. The zero-order valence-electron chi connectivity index (χ0n) is 19.4. The molecule has 8 heteroatoms. The number of amidine groups is 1. The minimum absolute atomic E-state index is 0.133. The van der Waals surface area contributed by atoms with Crippen molar-refractivity contribution >= 4 is 17.2 Å². The monoisotopic (exact) mass is 455 g/mol. The highest BCUT2D eigenvalue weighted by Gasteiger charge is 2.24. The van der Waals surface area contributed by atoms with Crippen LogP contribution in [0.3, 0.4) is 0 Å². The molecule has 4 rings (SSSR count). The van der Waals surface area contributed by atoms with E-state index in [-0.39, 0.29) is 11.4 Å². The Kier molecular flexibility index (Phi) is 6.14. The van der Waals surface area contributed by atoms with Crippen molar-refractivity contribution in [3.63, 3.8) is 0 Å². The Morgan fingerprint density at radius 3 is 2.38 bits per heavy atom. The molecular formula is C26H25N5O3. The second-order valence-electron chi connectivity index (χ2n) is 8.12. The standard InChI is InChI=1S/C26H25N5O3/c1-16-7-10-19(11-8-16)28-23(30(4)20-6-5-13-27-15-20)22-24(32)29-26(34)31(25(22)33)21-12-9-17(2)14-18(21)3/h5-15,33H,1-4H3,(H,29,32,34). The highest BCUT2D eigenvalue weighted by molar-refractivity contribution is 6.11. The molecule has 0 radical (unpaired) electrons. The van der Waals surface area contributed by atoms with E-state index in [4.69, 9.17) is 0 Å². The number of nitrogens with zero attached hydrogens (tertiary/aromatic N) is 4. The lowest BCUT2D eigenvalue weighted by Crippen LogP contribution is -2.38.